The topological polar surface area (TPSA) is 51.9 Å². The number of rotatable bonds is 5. The van der Waals surface area contributed by atoms with Crippen LogP contribution in [0, 0.1) is 0 Å². The van der Waals surface area contributed by atoms with E-state index in [4.69, 9.17) is 0 Å². The van der Waals surface area contributed by atoms with Crippen LogP contribution in [0.5, 0.6) is 0 Å². The first kappa shape index (κ1) is 15.8. The molecule has 0 bridgehead atoms. The van der Waals surface area contributed by atoms with E-state index < -0.39 is 0 Å². The van der Waals surface area contributed by atoms with Gasteiger partial charge in [0.2, 0.25) is 0 Å². The first-order valence-corrected chi connectivity index (χ1v) is 8.49. The predicted molar refractivity (Wildman–Crippen MR) is 95.7 cm³/mol. The number of nitrogens with zero attached hydrogens (tertiary/aromatic N) is 3. The van der Waals surface area contributed by atoms with Crippen molar-refractivity contribution in [2.45, 2.75) is 26.3 Å². The van der Waals surface area contributed by atoms with Crippen molar-refractivity contribution in [2.24, 2.45) is 7.05 Å². The molecule has 0 aliphatic heterocycles. The molecule has 1 N–H and O–H groups in total. The van der Waals surface area contributed by atoms with Crippen molar-refractivity contribution in [1.82, 2.24) is 14.3 Å². The molecule has 0 radical (unpaired) electrons. The molecule has 0 saturated carbocycles. The van der Waals surface area contributed by atoms with Crippen LogP contribution in [0.25, 0.3) is 10.9 Å². The van der Waals surface area contributed by atoms with Gasteiger partial charge in [-0.1, -0.05) is 31.5 Å². The number of aromatic nitrogens is 3. The van der Waals surface area contributed by atoms with Crippen LogP contribution in [-0.2, 0) is 13.6 Å². The molecule has 1 amide bonds. The van der Waals surface area contributed by atoms with Crippen molar-refractivity contribution in [3.8, 4) is 0 Å². The van der Waals surface area contributed by atoms with Gasteiger partial charge in [-0.2, -0.15) is 5.10 Å². The summed E-state index contributed by atoms with van der Waals surface area (Å²) in [4.78, 5) is 12.7. The number of fused-ring (bicyclic) bond motifs is 1. The minimum Gasteiger partial charge on any atom is -0.339 e. The lowest BCUT2D eigenvalue weighted by molar-refractivity contribution is 0.101. The van der Waals surface area contributed by atoms with Crippen LogP contribution in [0.2, 0.25) is 0 Å². The maximum absolute atomic E-state index is 12.7. The fourth-order valence-electron chi connectivity index (χ4n) is 2.70. The standard InChI is InChI=1S/C17H19BrN4O/c1-3-4-11-22-14(9-10-19-22)20-17(23)16-15(18)12-7-5-6-8-13(12)21(16)2/h5-10H,3-4,11H2,1-2H3,(H,20,23). The van der Waals surface area contributed by atoms with Crippen molar-refractivity contribution in [1.29, 1.82) is 0 Å². The number of carbonyl (C=O) groups is 1. The summed E-state index contributed by atoms with van der Waals surface area (Å²) < 4.78 is 4.55. The molecule has 0 fully saturated rings. The first-order chi connectivity index (χ1) is 11.1. The third-order valence-corrected chi connectivity index (χ3v) is 4.74. The summed E-state index contributed by atoms with van der Waals surface area (Å²) in [7, 11) is 1.90. The molecular formula is C17H19BrN4O. The van der Waals surface area contributed by atoms with Crippen LogP contribution in [-0.4, -0.2) is 20.3 Å². The summed E-state index contributed by atoms with van der Waals surface area (Å²) in [6.45, 7) is 2.93. The molecule has 0 aliphatic carbocycles. The number of aryl methyl sites for hydroxylation is 2. The first-order valence-electron chi connectivity index (χ1n) is 7.69. The van der Waals surface area contributed by atoms with Gasteiger partial charge in [0.1, 0.15) is 11.5 Å². The average Bonchev–Trinajstić information content (AvgIpc) is 3.09. The lowest BCUT2D eigenvalue weighted by Gasteiger charge is -2.09. The van der Waals surface area contributed by atoms with Gasteiger partial charge < -0.3 is 9.88 Å². The summed E-state index contributed by atoms with van der Waals surface area (Å²) in [6.07, 6.45) is 3.83. The monoisotopic (exact) mass is 374 g/mol. The van der Waals surface area contributed by atoms with Crippen LogP contribution < -0.4 is 5.32 Å². The van der Waals surface area contributed by atoms with Crippen LogP contribution in [0.1, 0.15) is 30.3 Å². The predicted octanol–water partition coefficient (Wildman–Crippen LogP) is 4.19. The Balaban J connectivity index is 1.91. The SMILES string of the molecule is CCCCn1nccc1NC(=O)c1c(Br)c2ccccc2n1C. The second-order valence-electron chi connectivity index (χ2n) is 5.49. The van der Waals surface area contributed by atoms with E-state index >= 15 is 0 Å². The Morgan fingerprint density at radius 2 is 2.09 bits per heavy atom. The number of hydrogen-bond donors (Lipinski definition) is 1. The number of anilines is 1. The number of halogens is 1. The normalized spacial score (nSPS) is 11.1. The van der Waals surface area contributed by atoms with E-state index in [9.17, 15) is 4.79 Å². The van der Waals surface area contributed by atoms with Crippen molar-refractivity contribution >= 4 is 38.6 Å². The highest BCUT2D eigenvalue weighted by Crippen LogP contribution is 2.30. The van der Waals surface area contributed by atoms with Gasteiger partial charge in [-0.05, 0) is 28.4 Å². The average molecular weight is 375 g/mol. The van der Waals surface area contributed by atoms with E-state index in [2.05, 4.69) is 33.3 Å². The molecule has 120 valence electrons. The Morgan fingerprint density at radius 1 is 1.30 bits per heavy atom. The van der Waals surface area contributed by atoms with Gasteiger partial charge in [0.05, 0.1) is 10.7 Å². The molecule has 0 aliphatic rings. The second-order valence-corrected chi connectivity index (χ2v) is 6.28. The smallest absolute Gasteiger partial charge is 0.274 e. The van der Waals surface area contributed by atoms with Crippen LogP contribution in [0.4, 0.5) is 5.82 Å². The van der Waals surface area contributed by atoms with Gasteiger partial charge >= 0.3 is 0 Å². The summed E-state index contributed by atoms with van der Waals surface area (Å²) in [5.74, 6) is 0.578. The lowest BCUT2D eigenvalue weighted by Crippen LogP contribution is -2.19. The van der Waals surface area contributed by atoms with Crippen LogP contribution >= 0.6 is 15.9 Å². The van der Waals surface area contributed by atoms with Gasteiger partial charge in [0.15, 0.2) is 0 Å². The Labute approximate surface area is 143 Å². The number of nitrogens with one attached hydrogen (secondary N) is 1. The minimum atomic E-state index is -0.145. The van der Waals surface area contributed by atoms with E-state index in [1.165, 1.54) is 0 Å². The maximum Gasteiger partial charge on any atom is 0.274 e. The largest absolute Gasteiger partial charge is 0.339 e. The maximum atomic E-state index is 12.7. The van der Waals surface area contributed by atoms with Crippen LogP contribution in [0.3, 0.4) is 0 Å². The van der Waals surface area contributed by atoms with E-state index in [1.807, 2.05) is 46.6 Å². The third-order valence-electron chi connectivity index (χ3n) is 3.94. The quantitative estimate of drug-likeness (QED) is 0.727. The molecule has 0 saturated heterocycles. The number of para-hydroxylation sites is 1. The van der Waals surface area contributed by atoms with Crippen molar-refractivity contribution in [2.75, 3.05) is 5.32 Å². The van der Waals surface area contributed by atoms with Crippen molar-refractivity contribution in [3.63, 3.8) is 0 Å². The van der Waals surface area contributed by atoms with Crippen molar-refractivity contribution in [3.05, 3.63) is 46.7 Å². The third kappa shape index (κ3) is 2.91. The Morgan fingerprint density at radius 3 is 2.83 bits per heavy atom. The molecule has 0 unspecified atom stereocenters. The number of benzene rings is 1. The number of unbranched alkanes of at least 4 members (excludes halogenated alkanes) is 1. The summed E-state index contributed by atoms with van der Waals surface area (Å²) in [5.41, 5.74) is 1.62. The number of amides is 1. The highest BCUT2D eigenvalue weighted by Gasteiger charge is 2.20. The molecule has 0 spiro atoms. The molecule has 3 aromatic rings. The second kappa shape index (κ2) is 6.58. The van der Waals surface area contributed by atoms with Gasteiger partial charge in [-0.25, -0.2) is 4.68 Å². The van der Waals surface area contributed by atoms with Gasteiger partial charge in [0, 0.05) is 30.6 Å². The molecule has 2 aromatic heterocycles. The molecule has 23 heavy (non-hydrogen) atoms. The van der Waals surface area contributed by atoms with E-state index in [0.29, 0.717) is 5.69 Å². The lowest BCUT2D eigenvalue weighted by atomic mass is 10.2. The zero-order valence-electron chi connectivity index (χ0n) is 13.2. The molecule has 3 rings (SSSR count). The molecule has 0 atom stereocenters. The highest BCUT2D eigenvalue weighted by atomic mass is 79.9. The Bertz CT molecular complexity index is 811. The Hall–Kier alpha value is -2.08. The van der Waals surface area contributed by atoms with Crippen LogP contribution in [0.15, 0.2) is 41.0 Å². The van der Waals surface area contributed by atoms with Gasteiger partial charge in [-0.15, -0.1) is 0 Å². The molecule has 5 nitrogen and oxygen atoms in total. The summed E-state index contributed by atoms with van der Waals surface area (Å²) in [6, 6.07) is 9.76. The zero-order valence-corrected chi connectivity index (χ0v) is 14.8. The number of hydrogen-bond acceptors (Lipinski definition) is 2. The Kier molecular flexibility index (Phi) is 4.52. The summed E-state index contributed by atoms with van der Waals surface area (Å²) in [5, 5.41) is 8.27. The van der Waals surface area contributed by atoms with E-state index in [0.717, 1.165) is 40.6 Å². The van der Waals surface area contributed by atoms with Crippen molar-refractivity contribution < 1.29 is 4.79 Å². The summed E-state index contributed by atoms with van der Waals surface area (Å²) >= 11 is 3.56. The fourth-order valence-corrected chi connectivity index (χ4v) is 3.48. The highest BCUT2D eigenvalue weighted by molar-refractivity contribution is 9.10. The number of carbonyl (C=O) groups excluding carboxylic acids is 1. The zero-order chi connectivity index (χ0) is 16.4. The van der Waals surface area contributed by atoms with Gasteiger partial charge in [0.25, 0.3) is 5.91 Å². The van der Waals surface area contributed by atoms with Gasteiger partial charge in [-0.3, -0.25) is 4.79 Å². The van der Waals surface area contributed by atoms with E-state index in [1.54, 1.807) is 6.20 Å². The molecule has 6 heteroatoms. The molecular weight excluding hydrogens is 356 g/mol. The van der Waals surface area contributed by atoms with E-state index in [-0.39, 0.29) is 5.91 Å². The molecule has 1 aromatic carbocycles. The minimum absolute atomic E-state index is 0.145. The fraction of sp³-hybridized carbons (Fsp3) is 0.294. The molecule has 2 heterocycles.